The largest absolute Gasteiger partial charge is 0.478 e. The van der Waals surface area contributed by atoms with Crippen LogP contribution in [-0.4, -0.2) is 22.6 Å². The Kier molecular flexibility index (Phi) is 3.08. The van der Waals surface area contributed by atoms with Crippen LogP contribution in [0.15, 0.2) is 6.07 Å². The molecule has 2 rings (SSSR count). The molecule has 1 saturated carbocycles. The van der Waals surface area contributed by atoms with E-state index in [4.69, 9.17) is 4.74 Å². The number of hydrogen-bond donors (Lipinski definition) is 1. The van der Waals surface area contributed by atoms with Gasteiger partial charge in [-0.2, -0.15) is 18.2 Å². The number of nitrogens with one attached hydrogen (secondary N) is 1. The second-order valence-corrected chi connectivity index (χ2v) is 3.76. The summed E-state index contributed by atoms with van der Waals surface area (Å²) in [5, 5.41) is 2.82. The summed E-state index contributed by atoms with van der Waals surface area (Å²) >= 11 is 0. The fraction of sp³-hybridized carbons (Fsp3) is 0.600. The summed E-state index contributed by atoms with van der Waals surface area (Å²) in [7, 11) is 0. The number of halogens is 3. The van der Waals surface area contributed by atoms with Gasteiger partial charge in [0.1, 0.15) is 0 Å². The summed E-state index contributed by atoms with van der Waals surface area (Å²) in [4.78, 5) is 7.31. The Bertz CT molecular complexity index is 404. The Morgan fingerprint density at radius 1 is 1.41 bits per heavy atom. The molecule has 0 amide bonds. The molecule has 1 aliphatic rings. The SMILES string of the molecule is CCOc1cc(C(F)(F)F)nc(NC2CC2)n1. The van der Waals surface area contributed by atoms with E-state index in [1.165, 1.54) is 0 Å². The van der Waals surface area contributed by atoms with Crippen molar-refractivity contribution < 1.29 is 17.9 Å². The number of ether oxygens (including phenoxy) is 1. The average Bonchev–Trinajstić information content (AvgIpc) is 3.00. The Morgan fingerprint density at radius 3 is 2.65 bits per heavy atom. The first-order valence-corrected chi connectivity index (χ1v) is 5.34. The van der Waals surface area contributed by atoms with E-state index in [0.29, 0.717) is 0 Å². The zero-order chi connectivity index (χ0) is 12.5. The predicted octanol–water partition coefficient (Wildman–Crippen LogP) is 2.47. The first-order valence-electron chi connectivity index (χ1n) is 5.34. The van der Waals surface area contributed by atoms with Gasteiger partial charge in [-0.25, -0.2) is 4.98 Å². The Balaban J connectivity index is 2.27. The summed E-state index contributed by atoms with van der Waals surface area (Å²) < 4.78 is 42.7. The lowest BCUT2D eigenvalue weighted by Gasteiger charge is -2.11. The molecule has 0 radical (unpaired) electrons. The van der Waals surface area contributed by atoms with Crippen LogP contribution in [0.1, 0.15) is 25.5 Å². The number of hydrogen-bond acceptors (Lipinski definition) is 4. The van der Waals surface area contributed by atoms with Crippen molar-refractivity contribution in [2.45, 2.75) is 32.0 Å². The number of alkyl halides is 3. The van der Waals surface area contributed by atoms with Crippen LogP contribution in [-0.2, 0) is 6.18 Å². The first-order chi connectivity index (χ1) is 7.99. The molecule has 0 atom stereocenters. The fourth-order valence-electron chi connectivity index (χ4n) is 1.27. The smallest absolute Gasteiger partial charge is 0.433 e. The number of aromatic nitrogens is 2. The lowest BCUT2D eigenvalue weighted by Crippen LogP contribution is -2.14. The van der Waals surface area contributed by atoms with Crippen molar-refractivity contribution in [3.05, 3.63) is 11.8 Å². The zero-order valence-corrected chi connectivity index (χ0v) is 9.21. The van der Waals surface area contributed by atoms with Gasteiger partial charge in [-0.3, -0.25) is 0 Å². The van der Waals surface area contributed by atoms with Gasteiger partial charge in [0.25, 0.3) is 0 Å². The van der Waals surface area contributed by atoms with Crippen molar-refractivity contribution in [1.29, 1.82) is 0 Å². The highest BCUT2D eigenvalue weighted by Gasteiger charge is 2.34. The molecule has 1 aliphatic carbocycles. The van der Waals surface area contributed by atoms with Gasteiger partial charge in [0.15, 0.2) is 5.69 Å². The van der Waals surface area contributed by atoms with E-state index in [0.717, 1.165) is 18.9 Å². The second-order valence-electron chi connectivity index (χ2n) is 3.76. The summed E-state index contributed by atoms with van der Waals surface area (Å²) in [6.07, 6.45) is -2.62. The molecule has 0 saturated heterocycles. The van der Waals surface area contributed by atoms with E-state index in [2.05, 4.69) is 15.3 Å². The molecular formula is C10H12F3N3O. The molecule has 1 N–H and O–H groups in total. The molecule has 0 aliphatic heterocycles. The van der Waals surface area contributed by atoms with Crippen molar-refractivity contribution in [1.82, 2.24) is 9.97 Å². The highest BCUT2D eigenvalue weighted by molar-refractivity contribution is 5.34. The first kappa shape index (κ1) is 11.9. The van der Waals surface area contributed by atoms with Gasteiger partial charge in [0.05, 0.1) is 6.61 Å². The maximum atomic E-state index is 12.6. The second kappa shape index (κ2) is 4.38. The minimum Gasteiger partial charge on any atom is -0.478 e. The lowest BCUT2D eigenvalue weighted by molar-refractivity contribution is -0.141. The van der Waals surface area contributed by atoms with Crippen molar-refractivity contribution in [3.63, 3.8) is 0 Å². The van der Waals surface area contributed by atoms with Crippen LogP contribution >= 0.6 is 0 Å². The van der Waals surface area contributed by atoms with Crippen molar-refractivity contribution in [2.24, 2.45) is 0 Å². The number of rotatable bonds is 4. The standard InChI is InChI=1S/C10H12F3N3O/c1-2-17-8-5-7(10(11,12)13)15-9(16-8)14-6-3-4-6/h5-6H,2-4H2,1H3,(H,14,15,16). The monoisotopic (exact) mass is 247 g/mol. The van der Waals surface area contributed by atoms with Gasteiger partial charge in [0, 0.05) is 12.1 Å². The van der Waals surface area contributed by atoms with Crippen LogP contribution in [0.4, 0.5) is 19.1 Å². The van der Waals surface area contributed by atoms with Crippen LogP contribution in [0.5, 0.6) is 5.88 Å². The third-order valence-corrected chi connectivity index (χ3v) is 2.20. The molecule has 0 spiro atoms. The summed E-state index contributed by atoms with van der Waals surface area (Å²) in [6.45, 7) is 1.94. The molecule has 1 fully saturated rings. The summed E-state index contributed by atoms with van der Waals surface area (Å²) in [5.74, 6) is -0.0799. The molecule has 1 aromatic rings. The maximum Gasteiger partial charge on any atom is 0.433 e. The van der Waals surface area contributed by atoms with Gasteiger partial charge in [-0.15, -0.1) is 0 Å². The molecule has 94 valence electrons. The molecule has 1 aromatic heterocycles. The highest BCUT2D eigenvalue weighted by Crippen LogP contribution is 2.31. The Hall–Kier alpha value is -1.53. The predicted molar refractivity (Wildman–Crippen MR) is 54.8 cm³/mol. The van der Waals surface area contributed by atoms with E-state index in [-0.39, 0.29) is 24.5 Å². The maximum absolute atomic E-state index is 12.6. The topological polar surface area (TPSA) is 47.0 Å². The van der Waals surface area contributed by atoms with E-state index in [9.17, 15) is 13.2 Å². The van der Waals surface area contributed by atoms with Gasteiger partial charge in [-0.1, -0.05) is 0 Å². The molecule has 0 unspecified atom stereocenters. The highest BCUT2D eigenvalue weighted by atomic mass is 19.4. The number of nitrogens with zero attached hydrogens (tertiary/aromatic N) is 2. The third-order valence-electron chi connectivity index (χ3n) is 2.20. The van der Waals surface area contributed by atoms with E-state index >= 15 is 0 Å². The van der Waals surface area contributed by atoms with Gasteiger partial charge >= 0.3 is 6.18 Å². The Morgan fingerprint density at radius 2 is 2.12 bits per heavy atom. The molecular weight excluding hydrogens is 235 g/mol. The van der Waals surface area contributed by atoms with E-state index < -0.39 is 11.9 Å². The minimum absolute atomic E-state index is 0.0224. The fourth-order valence-corrected chi connectivity index (χ4v) is 1.27. The Labute approximate surface area is 96.2 Å². The quantitative estimate of drug-likeness (QED) is 0.887. The third kappa shape index (κ3) is 3.21. The number of anilines is 1. The molecule has 7 heteroatoms. The van der Waals surface area contributed by atoms with Crippen LogP contribution in [0.25, 0.3) is 0 Å². The molecule has 1 heterocycles. The van der Waals surface area contributed by atoms with Crippen LogP contribution in [0.2, 0.25) is 0 Å². The normalized spacial score (nSPS) is 15.8. The molecule has 0 aromatic carbocycles. The van der Waals surface area contributed by atoms with Crippen molar-refractivity contribution in [3.8, 4) is 5.88 Å². The van der Waals surface area contributed by atoms with Gasteiger partial charge in [0.2, 0.25) is 11.8 Å². The van der Waals surface area contributed by atoms with Crippen molar-refractivity contribution >= 4 is 5.95 Å². The van der Waals surface area contributed by atoms with Gasteiger partial charge < -0.3 is 10.1 Å². The van der Waals surface area contributed by atoms with Crippen LogP contribution < -0.4 is 10.1 Å². The van der Waals surface area contributed by atoms with E-state index in [1.54, 1.807) is 6.92 Å². The molecule has 0 bridgehead atoms. The van der Waals surface area contributed by atoms with Crippen LogP contribution in [0, 0.1) is 0 Å². The van der Waals surface area contributed by atoms with Gasteiger partial charge in [-0.05, 0) is 19.8 Å². The average molecular weight is 247 g/mol. The summed E-state index contributed by atoms with van der Waals surface area (Å²) in [6, 6.07) is 0.995. The molecule has 17 heavy (non-hydrogen) atoms. The minimum atomic E-state index is -4.49. The van der Waals surface area contributed by atoms with Crippen molar-refractivity contribution in [2.75, 3.05) is 11.9 Å². The lowest BCUT2D eigenvalue weighted by atomic mass is 10.4. The molecule has 4 nitrogen and oxygen atoms in total. The zero-order valence-electron chi connectivity index (χ0n) is 9.21. The summed E-state index contributed by atoms with van der Waals surface area (Å²) in [5.41, 5.74) is -0.987. The van der Waals surface area contributed by atoms with E-state index in [1.807, 2.05) is 0 Å². The van der Waals surface area contributed by atoms with Crippen LogP contribution in [0.3, 0.4) is 0 Å².